The van der Waals surface area contributed by atoms with Gasteiger partial charge >= 0.3 is 0 Å². The van der Waals surface area contributed by atoms with Gasteiger partial charge in [-0.2, -0.15) is 0 Å². The molecule has 0 aliphatic carbocycles. The first kappa shape index (κ1) is 18.1. The molecule has 2 aliphatic heterocycles. The molecule has 3 heterocycles. The number of piperazine rings is 1. The van der Waals surface area contributed by atoms with Gasteiger partial charge in [-0.1, -0.05) is 24.2 Å². The third-order valence-electron chi connectivity index (χ3n) is 5.60. The maximum atomic E-state index is 13.1. The molecule has 1 atom stereocenters. The molecule has 1 aromatic carbocycles. The van der Waals surface area contributed by atoms with Crippen LogP contribution in [0.25, 0.3) is 0 Å². The van der Waals surface area contributed by atoms with Gasteiger partial charge < -0.3 is 14.3 Å². The Morgan fingerprint density at radius 1 is 1.15 bits per heavy atom. The molecule has 1 amide bonds. The van der Waals surface area contributed by atoms with Gasteiger partial charge in [0.05, 0.1) is 12.6 Å². The number of likely N-dealkylation sites (tertiary alicyclic amines) is 1. The zero-order valence-electron chi connectivity index (χ0n) is 15.6. The number of benzene rings is 1. The molecule has 27 heavy (non-hydrogen) atoms. The molecule has 0 radical (unpaired) electrons. The topological polar surface area (TPSA) is 52.8 Å². The van der Waals surface area contributed by atoms with E-state index in [0.717, 1.165) is 50.5 Å². The molecule has 2 aromatic rings. The molecule has 144 valence electrons. The molecule has 4 rings (SSSR count). The monoisotopic (exact) mass is 372 g/mol. The fraction of sp³-hybridized carbons (Fsp3) is 0.500. The van der Waals surface area contributed by atoms with Crippen molar-refractivity contribution in [3.8, 4) is 0 Å². The van der Waals surface area contributed by atoms with Crippen LogP contribution in [0.5, 0.6) is 0 Å². The van der Waals surface area contributed by atoms with Crippen LogP contribution in [-0.2, 0) is 6.54 Å². The number of nitrogens with zero attached hydrogens (tertiary/aromatic N) is 4. The molecule has 0 saturated carbocycles. The number of likely N-dealkylation sites (N-methyl/N-ethyl adjacent to an activating group) is 1. The van der Waals surface area contributed by atoms with Crippen molar-refractivity contribution in [2.45, 2.75) is 25.9 Å². The minimum absolute atomic E-state index is 0.0135. The highest BCUT2D eigenvalue weighted by Gasteiger charge is 2.35. The van der Waals surface area contributed by atoms with Gasteiger partial charge in [-0.15, -0.1) is 0 Å². The largest absolute Gasteiger partial charge is 0.359 e. The second-order valence-electron chi connectivity index (χ2n) is 7.24. The van der Waals surface area contributed by atoms with Gasteiger partial charge in [0.15, 0.2) is 11.5 Å². The second-order valence-corrected chi connectivity index (χ2v) is 7.24. The Morgan fingerprint density at radius 2 is 1.85 bits per heavy atom. The molecule has 2 fully saturated rings. The van der Waals surface area contributed by atoms with Crippen LogP contribution in [0.1, 0.15) is 41.2 Å². The summed E-state index contributed by atoms with van der Waals surface area (Å²) in [5.74, 6) is 0.334. The third-order valence-corrected chi connectivity index (χ3v) is 5.60. The van der Waals surface area contributed by atoms with E-state index in [-0.39, 0.29) is 17.8 Å². The highest BCUT2D eigenvalue weighted by atomic mass is 19.1. The van der Waals surface area contributed by atoms with Gasteiger partial charge in [0.1, 0.15) is 5.82 Å². The Morgan fingerprint density at radius 3 is 2.48 bits per heavy atom. The Labute approximate surface area is 158 Å². The van der Waals surface area contributed by atoms with E-state index in [2.05, 4.69) is 21.9 Å². The van der Waals surface area contributed by atoms with Crippen LogP contribution in [-0.4, -0.2) is 65.0 Å². The van der Waals surface area contributed by atoms with Crippen LogP contribution in [0.4, 0.5) is 4.39 Å². The number of amides is 1. The highest BCUT2D eigenvalue weighted by molar-refractivity contribution is 5.93. The van der Waals surface area contributed by atoms with Gasteiger partial charge in [-0.25, -0.2) is 4.39 Å². The quantitative estimate of drug-likeness (QED) is 0.807. The van der Waals surface area contributed by atoms with Gasteiger partial charge in [0.25, 0.3) is 5.91 Å². The standard InChI is InChI=1S/C20H25FN4O2/c1-2-23-9-11-24(12-10-23)14-17-13-18(22-27-17)20(26)25-8-7-19(25)15-3-5-16(21)6-4-15/h3-6,13,19H,2,7-12,14H2,1H3. The molecule has 0 bridgehead atoms. The van der Waals surface area contributed by atoms with Gasteiger partial charge in [-0.05, 0) is 30.7 Å². The minimum Gasteiger partial charge on any atom is -0.359 e. The molecular weight excluding hydrogens is 347 g/mol. The van der Waals surface area contributed by atoms with Crippen LogP contribution in [0.2, 0.25) is 0 Å². The smallest absolute Gasteiger partial charge is 0.276 e. The van der Waals surface area contributed by atoms with Crippen molar-refractivity contribution in [3.63, 3.8) is 0 Å². The zero-order valence-corrected chi connectivity index (χ0v) is 15.6. The Kier molecular flexibility index (Phi) is 5.22. The number of hydrogen-bond acceptors (Lipinski definition) is 5. The van der Waals surface area contributed by atoms with E-state index in [9.17, 15) is 9.18 Å². The second kappa shape index (κ2) is 7.78. The Balaban J connectivity index is 1.36. The lowest BCUT2D eigenvalue weighted by atomic mass is 9.94. The van der Waals surface area contributed by atoms with E-state index in [1.54, 1.807) is 23.1 Å². The van der Waals surface area contributed by atoms with Crippen molar-refractivity contribution in [3.05, 3.63) is 53.2 Å². The van der Waals surface area contributed by atoms with Gasteiger partial charge in [-0.3, -0.25) is 9.69 Å². The maximum absolute atomic E-state index is 13.1. The average Bonchev–Trinajstić information content (AvgIpc) is 3.12. The van der Waals surface area contributed by atoms with Crippen LogP contribution >= 0.6 is 0 Å². The van der Waals surface area contributed by atoms with Crippen LogP contribution in [0, 0.1) is 5.82 Å². The SMILES string of the molecule is CCN1CCN(Cc2cc(C(=O)N3CCC3c3ccc(F)cc3)no2)CC1. The first-order valence-corrected chi connectivity index (χ1v) is 9.61. The van der Waals surface area contributed by atoms with E-state index < -0.39 is 0 Å². The number of carbonyl (C=O) groups is 1. The Hall–Kier alpha value is -2.25. The van der Waals surface area contributed by atoms with E-state index in [1.165, 1.54) is 12.1 Å². The first-order chi connectivity index (χ1) is 13.1. The molecule has 1 unspecified atom stereocenters. The van der Waals surface area contributed by atoms with Crippen LogP contribution < -0.4 is 0 Å². The van der Waals surface area contributed by atoms with Crippen LogP contribution in [0.15, 0.2) is 34.9 Å². The van der Waals surface area contributed by atoms with E-state index in [1.807, 2.05) is 0 Å². The summed E-state index contributed by atoms with van der Waals surface area (Å²) in [6, 6.07) is 8.09. The van der Waals surface area contributed by atoms with E-state index in [0.29, 0.717) is 18.8 Å². The lowest BCUT2D eigenvalue weighted by Gasteiger charge is -2.40. The summed E-state index contributed by atoms with van der Waals surface area (Å²) in [7, 11) is 0. The van der Waals surface area contributed by atoms with Gasteiger partial charge in [0.2, 0.25) is 0 Å². The summed E-state index contributed by atoms with van der Waals surface area (Å²) in [6.45, 7) is 8.74. The summed E-state index contributed by atoms with van der Waals surface area (Å²) in [5, 5.41) is 3.99. The summed E-state index contributed by atoms with van der Waals surface area (Å²) in [4.78, 5) is 19.3. The van der Waals surface area contributed by atoms with E-state index >= 15 is 0 Å². The summed E-state index contributed by atoms with van der Waals surface area (Å²) >= 11 is 0. The summed E-state index contributed by atoms with van der Waals surface area (Å²) < 4.78 is 18.5. The number of aromatic nitrogens is 1. The molecule has 7 heteroatoms. The Bertz CT molecular complexity index is 784. The predicted molar refractivity (Wildman–Crippen MR) is 98.7 cm³/mol. The van der Waals surface area contributed by atoms with Crippen molar-refractivity contribution < 1.29 is 13.7 Å². The van der Waals surface area contributed by atoms with Crippen molar-refractivity contribution in [2.24, 2.45) is 0 Å². The number of carbonyl (C=O) groups excluding carboxylic acids is 1. The summed E-state index contributed by atoms with van der Waals surface area (Å²) in [5.41, 5.74) is 1.30. The van der Waals surface area contributed by atoms with Crippen molar-refractivity contribution >= 4 is 5.91 Å². The van der Waals surface area contributed by atoms with E-state index in [4.69, 9.17) is 4.52 Å². The molecule has 0 N–H and O–H groups in total. The number of halogens is 1. The number of rotatable bonds is 5. The normalized spacial score (nSPS) is 21.3. The minimum atomic E-state index is -0.267. The number of hydrogen-bond donors (Lipinski definition) is 0. The fourth-order valence-corrected chi connectivity index (χ4v) is 3.78. The van der Waals surface area contributed by atoms with Crippen molar-refractivity contribution in [1.82, 2.24) is 19.9 Å². The lowest BCUT2D eigenvalue weighted by molar-refractivity contribution is 0.0449. The molecule has 0 spiro atoms. The molecule has 6 nitrogen and oxygen atoms in total. The van der Waals surface area contributed by atoms with Gasteiger partial charge in [0, 0.05) is 38.8 Å². The average molecular weight is 372 g/mol. The van der Waals surface area contributed by atoms with Crippen molar-refractivity contribution in [1.29, 1.82) is 0 Å². The summed E-state index contributed by atoms with van der Waals surface area (Å²) in [6.07, 6.45) is 0.879. The zero-order chi connectivity index (χ0) is 18.8. The molecule has 2 aliphatic rings. The first-order valence-electron chi connectivity index (χ1n) is 9.61. The fourth-order valence-electron chi connectivity index (χ4n) is 3.78. The lowest BCUT2D eigenvalue weighted by Crippen LogP contribution is -2.45. The van der Waals surface area contributed by atoms with Crippen LogP contribution in [0.3, 0.4) is 0 Å². The third kappa shape index (κ3) is 3.89. The highest BCUT2D eigenvalue weighted by Crippen LogP contribution is 2.34. The molecule has 1 aromatic heterocycles. The maximum Gasteiger partial charge on any atom is 0.276 e. The molecule has 2 saturated heterocycles. The molecular formula is C20H25FN4O2. The predicted octanol–water partition coefficient (Wildman–Crippen LogP) is 2.54. The van der Waals surface area contributed by atoms with Crippen molar-refractivity contribution in [2.75, 3.05) is 39.3 Å².